The van der Waals surface area contributed by atoms with Crippen LogP contribution in [0, 0.1) is 24.1 Å². The third kappa shape index (κ3) is 6.51. The fourth-order valence-corrected chi connectivity index (χ4v) is 4.11. The molecule has 0 aromatic heterocycles. The summed E-state index contributed by atoms with van der Waals surface area (Å²) in [5.74, 6) is -0.205. The van der Waals surface area contributed by atoms with E-state index in [2.05, 4.69) is 53.2 Å². The van der Waals surface area contributed by atoms with Gasteiger partial charge in [-0.3, -0.25) is 4.90 Å². The maximum Gasteiger partial charge on any atom is 0.123 e. The van der Waals surface area contributed by atoms with E-state index in [-0.39, 0.29) is 11.9 Å². The van der Waals surface area contributed by atoms with Gasteiger partial charge in [0.05, 0.1) is 25.7 Å². The van der Waals surface area contributed by atoms with Crippen molar-refractivity contribution >= 4 is 5.69 Å². The molecule has 0 unspecified atom stereocenters. The monoisotopic (exact) mass is 424 g/mol. The molecule has 0 saturated carbocycles. The molecule has 2 aromatic rings. The lowest BCUT2D eigenvalue weighted by atomic mass is 10.0. The molecule has 1 aliphatic rings. The minimum Gasteiger partial charge on any atom is -0.379 e. The van der Waals surface area contributed by atoms with E-state index in [0.717, 1.165) is 63.7 Å². The number of rotatable bonds is 10. The number of hydrogen-bond acceptors (Lipinski definition) is 5. The van der Waals surface area contributed by atoms with Crippen LogP contribution < -0.4 is 10.2 Å². The highest BCUT2D eigenvalue weighted by molar-refractivity contribution is 5.50. The molecule has 1 aliphatic heterocycles. The molecule has 1 heterocycles. The molecule has 1 atom stereocenters. The van der Waals surface area contributed by atoms with E-state index in [1.807, 2.05) is 12.1 Å². The van der Waals surface area contributed by atoms with Crippen molar-refractivity contribution in [3.05, 3.63) is 65.0 Å². The number of anilines is 1. The molecule has 5 nitrogen and oxygen atoms in total. The molecule has 1 N–H and O–H groups in total. The van der Waals surface area contributed by atoms with Crippen molar-refractivity contribution in [3.63, 3.8) is 0 Å². The molecule has 31 heavy (non-hydrogen) atoms. The molecule has 2 aromatic carbocycles. The molecule has 0 amide bonds. The Morgan fingerprint density at radius 3 is 2.58 bits per heavy atom. The fraction of sp³-hybridized carbons (Fsp3) is 0.480. The summed E-state index contributed by atoms with van der Waals surface area (Å²) < 4.78 is 18.9. The average Bonchev–Trinajstić information content (AvgIpc) is 2.80. The Kier molecular flexibility index (Phi) is 8.84. The Morgan fingerprint density at radius 2 is 1.94 bits per heavy atom. The minimum atomic E-state index is -0.205. The third-order valence-corrected chi connectivity index (χ3v) is 5.96. The van der Waals surface area contributed by atoms with E-state index < -0.39 is 0 Å². The van der Waals surface area contributed by atoms with E-state index in [1.54, 1.807) is 0 Å². The van der Waals surface area contributed by atoms with E-state index in [4.69, 9.17) is 10.00 Å². The van der Waals surface area contributed by atoms with Crippen LogP contribution in [0.4, 0.5) is 10.1 Å². The summed E-state index contributed by atoms with van der Waals surface area (Å²) in [6, 6.07) is 15.8. The largest absolute Gasteiger partial charge is 0.379 e. The number of aryl methyl sites for hydroxylation is 1. The molecule has 1 saturated heterocycles. The van der Waals surface area contributed by atoms with E-state index in [0.29, 0.717) is 6.42 Å². The van der Waals surface area contributed by atoms with Gasteiger partial charge in [-0.05, 0) is 54.8 Å². The fourth-order valence-electron chi connectivity index (χ4n) is 4.11. The summed E-state index contributed by atoms with van der Waals surface area (Å²) in [5, 5.41) is 12.5. The van der Waals surface area contributed by atoms with Crippen molar-refractivity contribution in [1.82, 2.24) is 10.2 Å². The van der Waals surface area contributed by atoms with Gasteiger partial charge in [0, 0.05) is 51.0 Å². The van der Waals surface area contributed by atoms with Crippen LogP contribution in [0.1, 0.15) is 36.1 Å². The van der Waals surface area contributed by atoms with Gasteiger partial charge in [0.25, 0.3) is 0 Å². The number of nitrogens with one attached hydrogen (secondary N) is 1. The predicted molar refractivity (Wildman–Crippen MR) is 123 cm³/mol. The van der Waals surface area contributed by atoms with Gasteiger partial charge in [-0.1, -0.05) is 18.2 Å². The van der Waals surface area contributed by atoms with Gasteiger partial charge in [0.15, 0.2) is 0 Å². The second-order valence-corrected chi connectivity index (χ2v) is 7.95. The highest BCUT2D eigenvalue weighted by Crippen LogP contribution is 2.23. The molecule has 0 bridgehead atoms. The van der Waals surface area contributed by atoms with Gasteiger partial charge in [-0.15, -0.1) is 0 Å². The summed E-state index contributed by atoms with van der Waals surface area (Å²) >= 11 is 0. The normalized spacial score (nSPS) is 15.4. The molecule has 0 spiro atoms. The van der Waals surface area contributed by atoms with Crippen molar-refractivity contribution in [2.24, 2.45) is 0 Å². The van der Waals surface area contributed by atoms with Gasteiger partial charge in [0.2, 0.25) is 0 Å². The SMILES string of the molecule is CCN(CCC#N)c1ccc(CNC[C@H](c2ccc(F)cc2)N2CCOCC2)c(C)c1. The highest BCUT2D eigenvalue weighted by atomic mass is 19.1. The first-order valence-electron chi connectivity index (χ1n) is 11.1. The zero-order valence-corrected chi connectivity index (χ0v) is 18.6. The van der Waals surface area contributed by atoms with Gasteiger partial charge >= 0.3 is 0 Å². The van der Waals surface area contributed by atoms with Gasteiger partial charge in [-0.2, -0.15) is 5.26 Å². The van der Waals surface area contributed by atoms with Crippen molar-refractivity contribution in [3.8, 4) is 6.07 Å². The van der Waals surface area contributed by atoms with Crippen molar-refractivity contribution < 1.29 is 9.13 Å². The maximum atomic E-state index is 13.4. The molecule has 3 rings (SSSR count). The number of benzene rings is 2. The Bertz CT molecular complexity index is 859. The first-order chi connectivity index (χ1) is 15.1. The summed E-state index contributed by atoms with van der Waals surface area (Å²) in [5.41, 5.74) is 4.79. The van der Waals surface area contributed by atoms with Gasteiger partial charge < -0.3 is 15.0 Å². The molecule has 166 valence electrons. The first-order valence-corrected chi connectivity index (χ1v) is 11.1. The Balaban J connectivity index is 1.64. The van der Waals surface area contributed by atoms with Gasteiger partial charge in [0.1, 0.15) is 5.82 Å². The third-order valence-electron chi connectivity index (χ3n) is 5.96. The van der Waals surface area contributed by atoms with Crippen molar-refractivity contribution in [1.29, 1.82) is 5.26 Å². The van der Waals surface area contributed by atoms with Crippen molar-refractivity contribution in [2.75, 3.05) is 50.8 Å². The minimum absolute atomic E-state index is 0.186. The Morgan fingerprint density at radius 1 is 1.19 bits per heavy atom. The highest BCUT2D eigenvalue weighted by Gasteiger charge is 2.22. The molecule has 1 fully saturated rings. The number of halogens is 1. The van der Waals surface area contributed by atoms with E-state index >= 15 is 0 Å². The number of nitrogens with zero attached hydrogens (tertiary/aromatic N) is 3. The average molecular weight is 425 g/mol. The summed E-state index contributed by atoms with van der Waals surface area (Å²) in [6.07, 6.45) is 0.530. The lowest BCUT2D eigenvalue weighted by molar-refractivity contribution is 0.0161. The lowest BCUT2D eigenvalue weighted by Crippen LogP contribution is -2.42. The Labute approximate surface area is 185 Å². The zero-order valence-electron chi connectivity index (χ0n) is 18.6. The van der Waals surface area contributed by atoms with Crippen LogP contribution in [0.3, 0.4) is 0 Å². The van der Waals surface area contributed by atoms with Crippen LogP contribution >= 0.6 is 0 Å². The molecule has 6 heteroatoms. The smallest absolute Gasteiger partial charge is 0.123 e. The summed E-state index contributed by atoms with van der Waals surface area (Å²) in [4.78, 5) is 4.64. The van der Waals surface area contributed by atoms with Crippen molar-refractivity contribution in [2.45, 2.75) is 32.9 Å². The van der Waals surface area contributed by atoms with Crippen LogP contribution in [-0.2, 0) is 11.3 Å². The summed E-state index contributed by atoms with van der Waals surface area (Å²) in [6.45, 7) is 10.7. The first kappa shape index (κ1) is 23.2. The number of ether oxygens (including phenoxy) is 1. The Hall–Kier alpha value is -2.46. The second kappa shape index (κ2) is 11.8. The van der Waals surface area contributed by atoms with Crippen LogP contribution in [-0.4, -0.2) is 50.8 Å². The van der Waals surface area contributed by atoms with Crippen LogP contribution in [0.5, 0.6) is 0 Å². The van der Waals surface area contributed by atoms with E-state index in [1.165, 1.54) is 23.3 Å². The summed E-state index contributed by atoms with van der Waals surface area (Å²) in [7, 11) is 0. The molecule has 0 radical (unpaired) electrons. The quantitative estimate of drug-likeness (QED) is 0.624. The zero-order chi connectivity index (χ0) is 22.1. The van der Waals surface area contributed by atoms with Crippen LogP contribution in [0.2, 0.25) is 0 Å². The van der Waals surface area contributed by atoms with Crippen LogP contribution in [0.15, 0.2) is 42.5 Å². The second-order valence-electron chi connectivity index (χ2n) is 7.95. The van der Waals surface area contributed by atoms with Gasteiger partial charge in [-0.25, -0.2) is 4.39 Å². The van der Waals surface area contributed by atoms with E-state index in [9.17, 15) is 4.39 Å². The molecular formula is C25H33FN4O. The number of hydrogen-bond donors (Lipinski definition) is 1. The number of morpholine rings is 1. The maximum absolute atomic E-state index is 13.4. The number of nitriles is 1. The predicted octanol–water partition coefficient (Wildman–Crippen LogP) is 4.04. The topological polar surface area (TPSA) is 51.5 Å². The standard InChI is InChI=1S/C25H33FN4O/c1-3-29(12-4-11-27)24-10-7-22(20(2)17-24)18-28-19-25(30-13-15-31-16-14-30)21-5-8-23(26)9-6-21/h5-10,17,25,28H,3-4,12-16,18-19H2,1-2H3/t25-/m1/s1. The lowest BCUT2D eigenvalue weighted by Gasteiger charge is -2.35. The molecular weight excluding hydrogens is 391 g/mol. The molecule has 0 aliphatic carbocycles. The van der Waals surface area contributed by atoms with Crippen LogP contribution in [0.25, 0.3) is 0 Å².